The van der Waals surface area contributed by atoms with Crippen molar-refractivity contribution < 1.29 is 9.22 Å². The molecule has 0 aliphatic rings. The summed E-state index contributed by atoms with van der Waals surface area (Å²) in [7, 11) is 0. The average Bonchev–Trinajstić information content (AvgIpc) is 2.04. The number of nitrogens with zero attached hydrogens (tertiary/aromatic N) is 1. The van der Waals surface area contributed by atoms with Gasteiger partial charge in [-0.15, -0.1) is 4.33 Å². The zero-order valence-electron chi connectivity index (χ0n) is 7.98. The van der Waals surface area contributed by atoms with E-state index in [2.05, 4.69) is 4.98 Å². The van der Waals surface area contributed by atoms with Crippen LogP contribution in [-0.2, 0) is 4.33 Å². The highest BCUT2D eigenvalue weighted by Crippen LogP contribution is 2.24. The molecule has 0 unspecified atom stereocenters. The second kappa shape index (κ2) is 4.48. The lowest BCUT2D eigenvalue weighted by Gasteiger charge is -2.14. The second-order valence-electron chi connectivity index (χ2n) is 3.54. The van der Waals surface area contributed by atoms with Crippen LogP contribution in [0.3, 0.4) is 0 Å². The number of pyridine rings is 1. The van der Waals surface area contributed by atoms with Gasteiger partial charge in [0.05, 0.1) is 18.2 Å². The second-order valence-corrected chi connectivity index (χ2v) is 5.06. The molecule has 13 heavy (non-hydrogen) atoms. The van der Waals surface area contributed by atoms with Gasteiger partial charge in [0.25, 0.3) is 0 Å². The topological polar surface area (TPSA) is 31.4 Å². The van der Waals surface area contributed by atoms with Crippen LogP contribution in [0, 0.1) is 0 Å². The van der Waals surface area contributed by atoms with E-state index in [1.165, 1.54) is 12.0 Å². The van der Waals surface area contributed by atoms with Crippen LogP contribution in [0.15, 0.2) is 24.5 Å². The van der Waals surface area contributed by atoms with Crippen molar-refractivity contribution >= 4 is 12.0 Å². The van der Waals surface area contributed by atoms with Gasteiger partial charge >= 0.3 is 0 Å². The number of rotatable bonds is 3. The minimum atomic E-state index is 0.0300. The lowest BCUT2D eigenvalue weighted by molar-refractivity contribution is -0.0796. The number of hydrogen-bond acceptors (Lipinski definition) is 4. The maximum absolute atomic E-state index is 4.98. The van der Waals surface area contributed by atoms with E-state index in [1.807, 2.05) is 20.8 Å². The molecule has 0 bridgehead atoms. The summed E-state index contributed by atoms with van der Waals surface area (Å²) in [6, 6.07) is 3.58. The van der Waals surface area contributed by atoms with Crippen LogP contribution in [-0.4, -0.2) is 9.73 Å². The standard InChI is InChI=1S/C9H13NO2S/c1-9(2,3)13-12-11-8-5-4-6-10-7-8/h4-7H,1-3H3. The van der Waals surface area contributed by atoms with Gasteiger partial charge in [-0.3, -0.25) is 4.98 Å². The van der Waals surface area contributed by atoms with E-state index in [0.717, 1.165) is 0 Å². The highest BCUT2D eigenvalue weighted by molar-refractivity contribution is 7.95. The molecular formula is C9H13NO2S. The van der Waals surface area contributed by atoms with Gasteiger partial charge in [0.2, 0.25) is 0 Å². The molecule has 1 aromatic heterocycles. The Kier molecular flexibility index (Phi) is 3.57. The third kappa shape index (κ3) is 4.75. The highest BCUT2D eigenvalue weighted by Gasteiger charge is 2.12. The third-order valence-electron chi connectivity index (χ3n) is 1.05. The van der Waals surface area contributed by atoms with Gasteiger partial charge in [-0.2, -0.15) is 0 Å². The summed E-state index contributed by atoms with van der Waals surface area (Å²) in [6.45, 7) is 6.14. The van der Waals surface area contributed by atoms with Crippen molar-refractivity contribution in [2.45, 2.75) is 25.5 Å². The van der Waals surface area contributed by atoms with E-state index in [0.29, 0.717) is 5.75 Å². The van der Waals surface area contributed by atoms with Crippen LogP contribution in [0.5, 0.6) is 5.75 Å². The summed E-state index contributed by atoms with van der Waals surface area (Å²) in [4.78, 5) is 8.87. The van der Waals surface area contributed by atoms with E-state index >= 15 is 0 Å². The van der Waals surface area contributed by atoms with Crippen LogP contribution in [0.1, 0.15) is 20.8 Å². The number of aromatic nitrogens is 1. The maximum Gasteiger partial charge on any atom is 0.185 e. The molecule has 0 atom stereocenters. The third-order valence-corrected chi connectivity index (χ3v) is 1.68. The molecule has 72 valence electrons. The fourth-order valence-electron chi connectivity index (χ4n) is 0.555. The lowest BCUT2D eigenvalue weighted by atomic mass is 10.3. The minimum absolute atomic E-state index is 0.0300. The summed E-state index contributed by atoms with van der Waals surface area (Å²) < 4.78 is 4.99. The molecule has 0 radical (unpaired) electrons. The Labute approximate surface area is 82.6 Å². The molecule has 0 saturated heterocycles. The van der Waals surface area contributed by atoms with Crippen molar-refractivity contribution in [2.75, 3.05) is 0 Å². The maximum atomic E-state index is 4.98. The molecule has 4 heteroatoms. The van der Waals surface area contributed by atoms with Crippen molar-refractivity contribution in [3.8, 4) is 5.75 Å². The van der Waals surface area contributed by atoms with Gasteiger partial charge in [0, 0.05) is 10.9 Å². The highest BCUT2D eigenvalue weighted by atomic mass is 32.2. The molecule has 1 aromatic rings. The molecule has 0 aliphatic carbocycles. The van der Waals surface area contributed by atoms with Crippen LogP contribution in [0.4, 0.5) is 0 Å². The van der Waals surface area contributed by atoms with E-state index in [1.54, 1.807) is 24.5 Å². The van der Waals surface area contributed by atoms with Crippen LogP contribution in [0.2, 0.25) is 0 Å². The Morgan fingerprint density at radius 1 is 1.38 bits per heavy atom. The normalized spacial score (nSPS) is 11.3. The first-order valence-corrected chi connectivity index (χ1v) is 4.74. The molecule has 0 N–H and O–H groups in total. The summed E-state index contributed by atoms with van der Waals surface area (Å²) in [5.41, 5.74) is 0. The average molecular weight is 199 g/mol. The number of hydrogen-bond donors (Lipinski definition) is 0. The lowest BCUT2D eigenvalue weighted by Crippen LogP contribution is -2.09. The fraction of sp³-hybridized carbons (Fsp3) is 0.444. The quantitative estimate of drug-likeness (QED) is 0.425. The van der Waals surface area contributed by atoms with Gasteiger partial charge in [-0.1, -0.05) is 0 Å². The van der Waals surface area contributed by atoms with Crippen molar-refractivity contribution in [3.63, 3.8) is 0 Å². The Morgan fingerprint density at radius 2 is 2.15 bits per heavy atom. The van der Waals surface area contributed by atoms with Gasteiger partial charge in [0.15, 0.2) is 5.75 Å². The molecule has 0 fully saturated rings. The minimum Gasteiger partial charge on any atom is -0.324 e. The summed E-state index contributed by atoms with van der Waals surface area (Å²) in [5.74, 6) is 0.610. The van der Waals surface area contributed by atoms with E-state index in [-0.39, 0.29) is 4.75 Å². The van der Waals surface area contributed by atoms with Crippen molar-refractivity contribution in [2.24, 2.45) is 0 Å². The molecule has 0 spiro atoms. The molecule has 3 nitrogen and oxygen atoms in total. The van der Waals surface area contributed by atoms with Gasteiger partial charge < -0.3 is 4.89 Å². The molecule has 0 amide bonds. The van der Waals surface area contributed by atoms with E-state index < -0.39 is 0 Å². The zero-order chi connectivity index (χ0) is 9.73. The van der Waals surface area contributed by atoms with E-state index in [9.17, 15) is 0 Å². The first-order valence-electron chi connectivity index (χ1n) is 4.00. The zero-order valence-corrected chi connectivity index (χ0v) is 8.80. The largest absolute Gasteiger partial charge is 0.324 e. The molecule has 1 heterocycles. The monoisotopic (exact) mass is 199 g/mol. The predicted octanol–water partition coefficient (Wildman–Crippen LogP) is 2.84. The van der Waals surface area contributed by atoms with Crippen LogP contribution < -0.4 is 4.89 Å². The first-order chi connectivity index (χ1) is 6.08. The first kappa shape index (κ1) is 10.3. The molecule has 0 aliphatic heterocycles. The van der Waals surface area contributed by atoms with Gasteiger partial charge in [-0.05, 0) is 32.9 Å². The smallest absolute Gasteiger partial charge is 0.185 e. The molecular weight excluding hydrogens is 186 g/mol. The van der Waals surface area contributed by atoms with Crippen molar-refractivity contribution in [1.82, 2.24) is 4.98 Å². The van der Waals surface area contributed by atoms with E-state index in [4.69, 9.17) is 9.22 Å². The van der Waals surface area contributed by atoms with Crippen molar-refractivity contribution in [3.05, 3.63) is 24.5 Å². The Morgan fingerprint density at radius 3 is 2.69 bits per heavy atom. The summed E-state index contributed by atoms with van der Waals surface area (Å²) in [5, 5.41) is 0. The fourth-order valence-corrected chi connectivity index (χ4v) is 0.871. The molecule has 0 saturated carbocycles. The van der Waals surface area contributed by atoms with Gasteiger partial charge in [0.1, 0.15) is 0 Å². The molecule has 1 rings (SSSR count). The summed E-state index contributed by atoms with van der Waals surface area (Å²) >= 11 is 1.28. The Hall–Kier alpha value is -0.740. The predicted molar refractivity (Wildman–Crippen MR) is 53.3 cm³/mol. The Balaban J connectivity index is 2.29. The van der Waals surface area contributed by atoms with Crippen molar-refractivity contribution in [1.29, 1.82) is 0 Å². The Bertz CT molecular complexity index is 246. The van der Waals surface area contributed by atoms with Crippen LogP contribution in [0.25, 0.3) is 0 Å². The summed E-state index contributed by atoms with van der Waals surface area (Å²) in [6.07, 6.45) is 3.28. The molecule has 0 aromatic carbocycles. The SMILES string of the molecule is CC(C)(C)SOOc1cccnc1. The van der Waals surface area contributed by atoms with Crippen LogP contribution >= 0.6 is 12.0 Å². The van der Waals surface area contributed by atoms with Gasteiger partial charge in [-0.25, -0.2) is 0 Å².